The zero-order valence-corrected chi connectivity index (χ0v) is 25.1. The van der Waals surface area contributed by atoms with Gasteiger partial charge in [-0.2, -0.15) is 0 Å². The second kappa shape index (κ2) is 15.0. The first kappa shape index (κ1) is 32.3. The third-order valence-electron chi connectivity index (χ3n) is 6.66. The molecule has 2 N–H and O–H groups in total. The Labute approximate surface area is 260 Å². The summed E-state index contributed by atoms with van der Waals surface area (Å²) in [5.41, 5.74) is 8.16. The largest absolute Gasteiger partial charge is 1.00 e. The minimum atomic E-state index is -0.553. The Hall–Kier alpha value is -1.89. The number of benzene rings is 4. The van der Waals surface area contributed by atoms with Gasteiger partial charge in [-0.3, -0.25) is 4.79 Å². The van der Waals surface area contributed by atoms with E-state index in [9.17, 15) is 9.90 Å². The molecule has 0 heterocycles. The van der Waals surface area contributed by atoms with Gasteiger partial charge in [0.05, 0.1) is 0 Å². The van der Waals surface area contributed by atoms with Crippen molar-refractivity contribution in [3.8, 4) is 0 Å². The Morgan fingerprint density at radius 3 is 1.82 bits per heavy atom. The topological polar surface area (TPSA) is 57.5 Å². The maximum absolute atomic E-state index is 12.4. The second-order valence-electron chi connectivity index (χ2n) is 8.73. The Kier molecular flexibility index (Phi) is 12.8. The molecular formula is C31H29BCl2NaO3. The summed E-state index contributed by atoms with van der Waals surface area (Å²) in [6.45, 7) is 0. The van der Waals surface area contributed by atoms with E-state index in [0.717, 1.165) is 66.2 Å². The van der Waals surface area contributed by atoms with Gasteiger partial charge in [-0.1, -0.05) is 83.9 Å². The molecule has 6 rings (SSSR count). The van der Waals surface area contributed by atoms with Gasteiger partial charge >= 0.3 is 29.6 Å². The van der Waals surface area contributed by atoms with Gasteiger partial charge in [-0.05, 0) is 83.3 Å². The molecule has 0 saturated carbocycles. The van der Waals surface area contributed by atoms with Crippen LogP contribution in [0.1, 0.15) is 56.8 Å². The van der Waals surface area contributed by atoms with Crippen LogP contribution >= 0.6 is 23.2 Å². The summed E-state index contributed by atoms with van der Waals surface area (Å²) in [5, 5.41) is 18.8. The van der Waals surface area contributed by atoms with E-state index in [1.54, 1.807) is 6.07 Å². The number of halogens is 2. The maximum atomic E-state index is 12.4. The molecule has 0 saturated heterocycles. The van der Waals surface area contributed by atoms with Crippen molar-refractivity contribution in [2.75, 3.05) is 7.11 Å². The van der Waals surface area contributed by atoms with Crippen LogP contribution in [0.5, 0.6) is 0 Å². The zero-order valence-electron chi connectivity index (χ0n) is 22.6. The van der Waals surface area contributed by atoms with E-state index >= 15 is 0 Å². The fourth-order valence-corrected chi connectivity index (χ4v) is 5.22. The molecule has 38 heavy (non-hydrogen) atoms. The van der Waals surface area contributed by atoms with Crippen LogP contribution in [-0.4, -0.2) is 31.5 Å². The van der Waals surface area contributed by atoms with E-state index in [2.05, 4.69) is 6.07 Å². The van der Waals surface area contributed by atoms with Crippen molar-refractivity contribution in [1.82, 2.24) is 0 Å². The Bertz CT molecular complexity index is 1400. The normalized spacial score (nSPS) is 14.4. The van der Waals surface area contributed by atoms with Crippen LogP contribution in [0.4, 0.5) is 0 Å². The minimum absolute atomic E-state index is 0. The van der Waals surface area contributed by atoms with E-state index in [1.807, 2.05) is 72.8 Å². The molecule has 1 unspecified atom stereocenters. The molecule has 0 bridgehead atoms. The first-order chi connectivity index (χ1) is 17.5. The SMILES string of the molecule is CO.O=C1c2ccccc2CCc2ccc(Cl)cc21.OC1c2ccccc2CCc2ccc(Cl)cc21.[B].[H-].[Na+]. The molecule has 1 atom stereocenters. The van der Waals surface area contributed by atoms with Crippen LogP contribution in [0.3, 0.4) is 0 Å². The third-order valence-corrected chi connectivity index (χ3v) is 7.13. The number of ketones is 1. The zero-order chi connectivity index (χ0) is 25.7. The number of aryl methyl sites for hydroxylation is 4. The molecule has 189 valence electrons. The average Bonchev–Trinajstić information content (AvgIpc) is 3.14. The van der Waals surface area contributed by atoms with Crippen LogP contribution in [0.2, 0.25) is 10.0 Å². The average molecular weight is 554 g/mol. The summed E-state index contributed by atoms with van der Waals surface area (Å²) in [6, 6.07) is 27.3. The second-order valence-corrected chi connectivity index (χ2v) is 9.61. The first-order valence-corrected chi connectivity index (χ1v) is 12.7. The van der Waals surface area contributed by atoms with E-state index in [-0.39, 0.29) is 45.2 Å². The van der Waals surface area contributed by atoms with Crippen LogP contribution in [-0.2, 0) is 25.7 Å². The Morgan fingerprint density at radius 1 is 0.658 bits per heavy atom. The fourth-order valence-electron chi connectivity index (χ4n) is 4.87. The first-order valence-electron chi connectivity index (χ1n) is 11.9. The fraction of sp³-hybridized carbons (Fsp3) is 0.194. The standard InChI is InChI=1S/C15H13ClO.C15H11ClO.CH4O.B.Na.H/c2*16-12-8-7-11-6-5-10-3-1-2-4-13(10)15(17)14(11)9-12;1-2;;;/h1-4,7-9,15,17H,5-6H2;1-4,7-9H,5-6H2;2H,1H3;;;/q;;;;+1;-1. The van der Waals surface area contributed by atoms with Crippen molar-refractivity contribution < 1.29 is 46.0 Å². The summed E-state index contributed by atoms with van der Waals surface area (Å²) in [6.07, 6.45) is 3.19. The van der Waals surface area contributed by atoms with Crippen molar-refractivity contribution in [2.24, 2.45) is 0 Å². The molecule has 4 aromatic carbocycles. The van der Waals surface area contributed by atoms with Gasteiger partial charge < -0.3 is 11.6 Å². The van der Waals surface area contributed by atoms with Crippen LogP contribution in [0.25, 0.3) is 0 Å². The number of hydrogen-bond acceptors (Lipinski definition) is 3. The van der Waals surface area contributed by atoms with Crippen molar-refractivity contribution in [3.05, 3.63) is 139 Å². The molecular weight excluding hydrogens is 525 g/mol. The molecule has 0 spiro atoms. The van der Waals surface area contributed by atoms with Gasteiger partial charge in [0.2, 0.25) is 0 Å². The van der Waals surface area contributed by atoms with Crippen molar-refractivity contribution in [2.45, 2.75) is 31.8 Å². The molecule has 4 aromatic rings. The van der Waals surface area contributed by atoms with E-state index < -0.39 is 6.10 Å². The smallest absolute Gasteiger partial charge is 1.00 e. The molecule has 3 radical (unpaired) electrons. The third kappa shape index (κ3) is 7.19. The van der Waals surface area contributed by atoms with Gasteiger partial charge in [0, 0.05) is 36.7 Å². The van der Waals surface area contributed by atoms with Gasteiger partial charge in [-0.15, -0.1) is 0 Å². The summed E-state index contributed by atoms with van der Waals surface area (Å²) >= 11 is 12.0. The van der Waals surface area contributed by atoms with Crippen molar-refractivity contribution >= 4 is 37.4 Å². The summed E-state index contributed by atoms with van der Waals surface area (Å²) in [7, 11) is 1.00. The molecule has 0 amide bonds. The predicted octanol–water partition coefficient (Wildman–Crippen LogP) is 3.53. The number of aliphatic hydroxyl groups excluding tert-OH is 2. The van der Waals surface area contributed by atoms with Crippen LogP contribution in [0, 0.1) is 0 Å². The number of carbonyl (C=O) groups is 1. The van der Waals surface area contributed by atoms with Crippen LogP contribution < -0.4 is 29.6 Å². The van der Waals surface area contributed by atoms with Gasteiger partial charge in [0.1, 0.15) is 6.10 Å². The van der Waals surface area contributed by atoms with Gasteiger partial charge in [0.15, 0.2) is 5.78 Å². The molecule has 0 fully saturated rings. The van der Waals surface area contributed by atoms with Crippen molar-refractivity contribution in [1.29, 1.82) is 0 Å². The van der Waals surface area contributed by atoms with Crippen LogP contribution in [0.15, 0.2) is 84.9 Å². The van der Waals surface area contributed by atoms with Gasteiger partial charge in [-0.25, -0.2) is 0 Å². The number of carbonyl (C=O) groups excluding carboxylic acids is 1. The van der Waals surface area contributed by atoms with E-state index in [0.29, 0.717) is 10.0 Å². The molecule has 0 aromatic heterocycles. The molecule has 0 aliphatic heterocycles. The van der Waals surface area contributed by atoms with Gasteiger partial charge in [0.25, 0.3) is 0 Å². The molecule has 7 heteroatoms. The molecule has 2 aliphatic carbocycles. The van der Waals surface area contributed by atoms with E-state index in [1.165, 1.54) is 11.1 Å². The summed E-state index contributed by atoms with van der Waals surface area (Å²) in [4.78, 5) is 12.4. The minimum Gasteiger partial charge on any atom is -1.00 e. The van der Waals surface area contributed by atoms with Crippen molar-refractivity contribution in [3.63, 3.8) is 0 Å². The quantitative estimate of drug-likeness (QED) is 0.328. The number of hydrogen-bond donors (Lipinski definition) is 2. The maximum Gasteiger partial charge on any atom is 1.00 e. The number of rotatable bonds is 0. The van der Waals surface area contributed by atoms with E-state index in [4.69, 9.17) is 28.3 Å². The predicted molar refractivity (Wildman–Crippen MR) is 153 cm³/mol. The molecule has 2 aliphatic rings. The number of aliphatic hydroxyl groups is 2. The summed E-state index contributed by atoms with van der Waals surface area (Å²) in [5.74, 6) is 0.0931. The number of fused-ring (bicyclic) bond motifs is 4. The Morgan fingerprint density at radius 2 is 1.13 bits per heavy atom. The molecule has 3 nitrogen and oxygen atoms in total. The Balaban J connectivity index is 0.000000342. The monoisotopic (exact) mass is 553 g/mol. The summed E-state index contributed by atoms with van der Waals surface area (Å²) < 4.78 is 0.